The van der Waals surface area contributed by atoms with Gasteiger partial charge in [-0.3, -0.25) is 10.1 Å². The van der Waals surface area contributed by atoms with E-state index in [1.807, 2.05) is 0 Å². The summed E-state index contributed by atoms with van der Waals surface area (Å²) in [6.45, 7) is 2.05. The van der Waals surface area contributed by atoms with Gasteiger partial charge in [0.15, 0.2) is 5.11 Å². The van der Waals surface area contributed by atoms with Crippen molar-refractivity contribution in [2.24, 2.45) is 0 Å². The lowest BCUT2D eigenvalue weighted by atomic mass is 10.2. The number of carbonyl (C=O) groups excluding carboxylic acids is 1. The van der Waals surface area contributed by atoms with Gasteiger partial charge in [-0.1, -0.05) is 0 Å². The number of nitrogens with one attached hydrogen (secondary N) is 2. The Hall–Kier alpha value is -3.07. The molecule has 2 aromatic rings. The van der Waals surface area contributed by atoms with Crippen molar-refractivity contribution in [1.82, 2.24) is 4.98 Å². The molecule has 1 aromatic heterocycles. The second kappa shape index (κ2) is 7.97. The highest BCUT2D eigenvalue weighted by molar-refractivity contribution is 7.80. The van der Waals surface area contributed by atoms with Gasteiger partial charge in [-0.15, -0.1) is 0 Å². The van der Waals surface area contributed by atoms with Gasteiger partial charge in [0.2, 0.25) is 0 Å². The molecule has 0 fully saturated rings. The summed E-state index contributed by atoms with van der Waals surface area (Å²) >= 11 is 5.14. The van der Waals surface area contributed by atoms with E-state index in [0.29, 0.717) is 23.7 Å². The van der Waals surface area contributed by atoms with Crippen LogP contribution < -0.4 is 10.6 Å². The van der Waals surface area contributed by atoms with Crippen molar-refractivity contribution in [1.29, 1.82) is 0 Å². The van der Waals surface area contributed by atoms with E-state index in [9.17, 15) is 14.9 Å². The molecule has 8 nitrogen and oxygen atoms in total. The number of ether oxygens (including phenoxy) is 1. The summed E-state index contributed by atoms with van der Waals surface area (Å²) in [6.07, 6.45) is 1.14. The molecule has 0 radical (unpaired) electrons. The Morgan fingerprint density at radius 2 is 1.96 bits per heavy atom. The number of hydrogen-bond acceptors (Lipinski definition) is 6. The zero-order valence-corrected chi connectivity index (χ0v) is 13.5. The first-order valence-electron chi connectivity index (χ1n) is 6.95. The fraction of sp³-hybridized carbons (Fsp3) is 0.133. The molecule has 0 atom stereocenters. The highest BCUT2D eigenvalue weighted by atomic mass is 32.1. The van der Waals surface area contributed by atoms with Crippen LogP contribution in [0.15, 0.2) is 42.6 Å². The van der Waals surface area contributed by atoms with E-state index in [0.717, 1.165) is 6.20 Å². The minimum atomic E-state index is -0.529. The number of carbonyl (C=O) groups is 1. The fourth-order valence-electron chi connectivity index (χ4n) is 1.75. The number of nitro groups is 1. The van der Waals surface area contributed by atoms with Gasteiger partial charge in [0.05, 0.1) is 17.1 Å². The van der Waals surface area contributed by atoms with E-state index in [4.69, 9.17) is 17.0 Å². The number of anilines is 2. The second-order valence-electron chi connectivity index (χ2n) is 4.54. The van der Waals surface area contributed by atoms with Crippen LogP contribution in [0.5, 0.6) is 0 Å². The smallest absolute Gasteiger partial charge is 0.338 e. The lowest BCUT2D eigenvalue weighted by molar-refractivity contribution is -0.385. The minimum absolute atomic E-state index is 0.103. The third kappa shape index (κ3) is 4.71. The van der Waals surface area contributed by atoms with E-state index in [1.54, 1.807) is 31.2 Å². The molecule has 0 unspecified atom stereocenters. The lowest BCUT2D eigenvalue weighted by Crippen LogP contribution is -2.19. The summed E-state index contributed by atoms with van der Waals surface area (Å²) in [5.74, 6) is -0.0129. The third-order valence-electron chi connectivity index (χ3n) is 2.85. The maximum atomic E-state index is 11.6. The molecule has 0 saturated carbocycles. The van der Waals surface area contributed by atoms with Crippen LogP contribution in [0.2, 0.25) is 0 Å². The first-order chi connectivity index (χ1) is 11.5. The normalized spacial score (nSPS) is 9.88. The van der Waals surface area contributed by atoms with Crippen LogP contribution >= 0.6 is 12.2 Å². The number of benzene rings is 1. The van der Waals surface area contributed by atoms with Gasteiger partial charge in [0.25, 0.3) is 5.69 Å². The molecule has 0 aliphatic carbocycles. The molecule has 24 heavy (non-hydrogen) atoms. The van der Waals surface area contributed by atoms with Crippen molar-refractivity contribution in [3.63, 3.8) is 0 Å². The molecule has 0 spiro atoms. The first kappa shape index (κ1) is 17.3. The predicted molar refractivity (Wildman–Crippen MR) is 93.1 cm³/mol. The number of hydrogen-bond donors (Lipinski definition) is 2. The number of rotatable bonds is 5. The molecule has 2 N–H and O–H groups in total. The van der Waals surface area contributed by atoms with Crippen LogP contribution in [0.1, 0.15) is 17.3 Å². The summed E-state index contributed by atoms with van der Waals surface area (Å²) in [5, 5.41) is 16.6. The van der Waals surface area contributed by atoms with Gasteiger partial charge in [0, 0.05) is 11.8 Å². The molecule has 1 heterocycles. The van der Waals surface area contributed by atoms with Crippen LogP contribution in [0.25, 0.3) is 0 Å². The summed E-state index contributed by atoms with van der Waals surface area (Å²) in [6, 6.07) is 9.38. The van der Waals surface area contributed by atoms with Crippen LogP contribution in [-0.2, 0) is 4.74 Å². The Morgan fingerprint density at radius 3 is 2.50 bits per heavy atom. The van der Waals surface area contributed by atoms with E-state index in [2.05, 4.69) is 15.6 Å². The number of thiocarbonyl (C=S) groups is 1. The Bertz CT molecular complexity index is 747. The monoisotopic (exact) mass is 346 g/mol. The zero-order chi connectivity index (χ0) is 17.5. The van der Waals surface area contributed by atoms with E-state index >= 15 is 0 Å². The molecule has 0 bridgehead atoms. The van der Waals surface area contributed by atoms with Gasteiger partial charge < -0.3 is 15.4 Å². The summed E-state index contributed by atoms with van der Waals surface area (Å²) < 4.78 is 4.90. The maximum absolute atomic E-state index is 11.6. The third-order valence-corrected chi connectivity index (χ3v) is 3.06. The van der Waals surface area contributed by atoms with Crippen molar-refractivity contribution in [3.05, 3.63) is 58.3 Å². The highest BCUT2D eigenvalue weighted by Crippen LogP contribution is 2.14. The lowest BCUT2D eigenvalue weighted by Gasteiger charge is -2.10. The molecule has 0 aliphatic heterocycles. The molecule has 0 amide bonds. The summed E-state index contributed by atoms with van der Waals surface area (Å²) in [5.41, 5.74) is 1.01. The second-order valence-corrected chi connectivity index (χ2v) is 4.94. The van der Waals surface area contributed by atoms with Gasteiger partial charge in [-0.05, 0) is 49.5 Å². The van der Waals surface area contributed by atoms with Gasteiger partial charge >= 0.3 is 5.97 Å². The minimum Gasteiger partial charge on any atom is -0.462 e. The summed E-state index contributed by atoms with van der Waals surface area (Å²) in [7, 11) is 0. The summed E-state index contributed by atoms with van der Waals surface area (Å²) in [4.78, 5) is 25.5. The Kier molecular flexibility index (Phi) is 5.74. The number of nitrogens with zero attached hydrogens (tertiary/aromatic N) is 2. The van der Waals surface area contributed by atoms with Crippen LogP contribution in [0.4, 0.5) is 17.2 Å². The average Bonchev–Trinajstić information content (AvgIpc) is 2.56. The van der Waals surface area contributed by atoms with Crippen molar-refractivity contribution in [2.75, 3.05) is 17.2 Å². The molecule has 1 aromatic carbocycles. The quantitative estimate of drug-likeness (QED) is 0.368. The van der Waals surface area contributed by atoms with Crippen molar-refractivity contribution < 1.29 is 14.5 Å². The number of pyridine rings is 1. The Balaban J connectivity index is 1.94. The van der Waals surface area contributed by atoms with Gasteiger partial charge in [-0.2, -0.15) is 0 Å². The van der Waals surface area contributed by atoms with Crippen LogP contribution in [0.3, 0.4) is 0 Å². The van der Waals surface area contributed by atoms with Crippen LogP contribution in [-0.4, -0.2) is 27.6 Å². The van der Waals surface area contributed by atoms with Crippen molar-refractivity contribution in [2.45, 2.75) is 6.92 Å². The van der Waals surface area contributed by atoms with E-state index < -0.39 is 4.92 Å². The topological polar surface area (TPSA) is 106 Å². The molecule has 0 aliphatic rings. The molecule has 0 saturated heterocycles. The number of aromatic nitrogens is 1. The molecular weight excluding hydrogens is 332 g/mol. The standard InChI is InChI=1S/C15H14N4O4S/c1-2-23-14(20)10-3-5-11(6-4-10)17-15(24)18-13-8-7-12(9-16-13)19(21)22/h3-9H,2H2,1H3,(H2,16,17,18,24). The first-order valence-corrected chi connectivity index (χ1v) is 7.36. The van der Waals surface area contributed by atoms with Crippen molar-refractivity contribution in [3.8, 4) is 0 Å². The van der Waals surface area contributed by atoms with Crippen molar-refractivity contribution >= 4 is 40.5 Å². The van der Waals surface area contributed by atoms with Gasteiger partial charge in [-0.25, -0.2) is 9.78 Å². The predicted octanol–water partition coefficient (Wildman–Crippen LogP) is 2.98. The molecule has 9 heteroatoms. The van der Waals surface area contributed by atoms with Gasteiger partial charge in [0.1, 0.15) is 12.0 Å². The zero-order valence-electron chi connectivity index (χ0n) is 12.7. The largest absolute Gasteiger partial charge is 0.462 e. The molecule has 124 valence electrons. The van der Waals surface area contributed by atoms with Crippen LogP contribution in [0, 0.1) is 10.1 Å². The number of esters is 1. The Labute approximate surface area is 143 Å². The van der Waals surface area contributed by atoms with E-state index in [1.165, 1.54) is 12.1 Å². The average molecular weight is 346 g/mol. The maximum Gasteiger partial charge on any atom is 0.338 e. The SMILES string of the molecule is CCOC(=O)c1ccc(NC(=S)Nc2ccc([N+](=O)[O-])cn2)cc1. The fourth-order valence-corrected chi connectivity index (χ4v) is 1.97. The molecule has 2 rings (SSSR count). The molecular formula is C15H14N4O4S. The highest BCUT2D eigenvalue weighted by Gasteiger charge is 2.08. The Morgan fingerprint density at radius 1 is 1.25 bits per heavy atom. The van der Waals surface area contributed by atoms with E-state index in [-0.39, 0.29) is 16.8 Å².